The summed E-state index contributed by atoms with van der Waals surface area (Å²) in [5.41, 5.74) is 1.36. The van der Waals surface area contributed by atoms with Gasteiger partial charge in [0.1, 0.15) is 10.6 Å². The van der Waals surface area contributed by atoms with Gasteiger partial charge < -0.3 is 4.74 Å². The molecule has 4 rings (SSSR count). The maximum absolute atomic E-state index is 13.6. The first kappa shape index (κ1) is 23.9. The number of rotatable bonds is 7. The summed E-state index contributed by atoms with van der Waals surface area (Å²) < 4.78 is 33.9. The lowest BCUT2D eigenvalue weighted by atomic mass is 10.0. The van der Waals surface area contributed by atoms with Gasteiger partial charge in [0.15, 0.2) is 5.13 Å². The molecule has 1 aromatic carbocycles. The van der Waals surface area contributed by atoms with Crippen LogP contribution >= 0.6 is 11.3 Å². The molecule has 2 aromatic rings. The number of amides is 1. The zero-order valence-corrected chi connectivity index (χ0v) is 20.7. The highest BCUT2D eigenvalue weighted by molar-refractivity contribution is 7.89. The van der Waals surface area contributed by atoms with Gasteiger partial charge in [-0.2, -0.15) is 4.31 Å². The zero-order chi connectivity index (χ0) is 23.4. The molecule has 33 heavy (non-hydrogen) atoms. The van der Waals surface area contributed by atoms with Crippen molar-refractivity contribution in [3.63, 3.8) is 0 Å². The molecule has 2 heterocycles. The van der Waals surface area contributed by atoms with Crippen molar-refractivity contribution in [2.45, 2.75) is 56.3 Å². The van der Waals surface area contributed by atoms with Crippen molar-refractivity contribution < 1.29 is 17.9 Å². The Hall–Kier alpha value is -2.23. The van der Waals surface area contributed by atoms with Crippen molar-refractivity contribution in [3.8, 4) is 5.75 Å². The highest BCUT2D eigenvalue weighted by Crippen LogP contribution is 2.34. The van der Waals surface area contributed by atoms with Crippen LogP contribution in [-0.4, -0.2) is 50.4 Å². The quantitative estimate of drug-likeness (QED) is 0.538. The maximum atomic E-state index is 13.6. The molecule has 2 aliphatic rings. The van der Waals surface area contributed by atoms with Crippen molar-refractivity contribution in [2.75, 3.05) is 31.6 Å². The standard InChI is InChI=1S/C24H31N3O4S2/c1-3-14-27(24-25-19-10-6-7-11-21(19)32-24)23(28)18-12-13-20(31-2)22(17-18)33(29,30)26-15-8-4-5-9-16-26/h3,12-13,17H,1,4-11,14-16H2,2H3. The molecule has 0 saturated carbocycles. The van der Waals surface area contributed by atoms with E-state index in [-0.39, 0.29) is 16.6 Å². The molecule has 0 spiro atoms. The lowest BCUT2D eigenvalue weighted by Crippen LogP contribution is -2.33. The largest absolute Gasteiger partial charge is 0.495 e. The van der Waals surface area contributed by atoms with Crippen LogP contribution in [0, 0.1) is 0 Å². The first-order valence-electron chi connectivity index (χ1n) is 11.5. The minimum absolute atomic E-state index is 0.0368. The molecule has 1 aliphatic heterocycles. The highest BCUT2D eigenvalue weighted by Gasteiger charge is 2.30. The van der Waals surface area contributed by atoms with Crippen molar-refractivity contribution >= 4 is 32.4 Å². The fourth-order valence-corrected chi connectivity index (χ4v) is 7.27. The van der Waals surface area contributed by atoms with Gasteiger partial charge in [-0.3, -0.25) is 9.69 Å². The predicted molar refractivity (Wildman–Crippen MR) is 131 cm³/mol. The third-order valence-electron chi connectivity index (χ3n) is 6.22. The monoisotopic (exact) mass is 489 g/mol. The van der Waals surface area contributed by atoms with Crippen molar-refractivity contribution in [2.24, 2.45) is 0 Å². The van der Waals surface area contributed by atoms with Crippen LogP contribution in [-0.2, 0) is 22.9 Å². The summed E-state index contributed by atoms with van der Waals surface area (Å²) in [6.07, 6.45) is 9.56. The number of fused-ring (bicyclic) bond motifs is 1. The molecule has 0 N–H and O–H groups in total. The molecular formula is C24H31N3O4S2. The van der Waals surface area contributed by atoms with E-state index in [0.29, 0.717) is 30.3 Å². The van der Waals surface area contributed by atoms with Gasteiger partial charge in [-0.25, -0.2) is 13.4 Å². The number of sulfonamides is 1. The number of carbonyl (C=O) groups is 1. The number of nitrogens with zero attached hydrogens (tertiary/aromatic N) is 3. The van der Waals surface area contributed by atoms with Crippen molar-refractivity contribution in [1.82, 2.24) is 9.29 Å². The van der Waals surface area contributed by atoms with Crippen LogP contribution in [0.5, 0.6) is 5.75 Å². The number of hydrogen-bond donors (Lipinski definition) is 0. The van der Waals surface area contributed by atoms with Crippen LogP contribution < -0.4 is 9.64 Å². The molecule has 0 atom stereocenters. The Balaban J connectivity index is 1.69. The van der Waals surface area contributed by atoms with Gasteiger partial charge in [-0.15, -0.1) is 17.9 Å². The summed E-state index contributed by atoms with van der Waals surface area (Å²) in [5, 5.41) is 0.638. The second-order valence-corrected chi connectivity index (χ2v) is 11.4. The topological polar surface area (TPSA) is 79.8 Å². The number of thiazole rings is 1. The van der Waals surface area contributed by atoms with Gasteiger partial charge in [0, 0.05) is 30.1 Å². The van der Waals surface area contributed by atoms with Crippen LogP contribution in [0.25, 0.3) is 0 Å². The Kier molecular flexibility index (Phi) is 7.51. The molecular weight excluding hydrogens is 458 g/mol. The summed E-state index contributed by atoms with van der Waals surface area (Å²) in [6, 6.07) is 4.63. The van der Waals surface area contributed by atoms with E-state index >= 15 is 0 Å². The fraction of sp³-hybridized carbons (Fsp3) is 0.500. The molecule has 9 heteroatoms. The minimum atomic E-state index is -3.78. The Morgan fingerprint density at radius 1 is 1.18 bits per heavy atom. The summed E-state index contributed by atoms with van der Waals surface area (Å²) in [7, 11) is -2.34. The van der Waals surface area contributed by atoms with E-state index in [2.05, 4.69) is 6.58 Å². The third kappa shape index (κ3) is 5.00. The van der Waals surface area contributed by atoms with Crippen LogP contribution in [0.15, 0.2) is 35.7 Å². The number of ether oxygens (including phenoxy) is 1. The van der Waals surface area contributed by atoms with Crippen LogP contribution in [0.2, 0.25) is 0 Å². The number of methoxy groups -OCH3 is 1. The number of aromatic nitrogens is 1. The highest BCUT2D eigenvalue weighted by atomic mass is 32.2. The van der Waals surface area contributed by atoms with E-state index in [9.17, 15) is 13.2 Å². The van der Waals surface area contributed by atoms with E-state index in [1.807, 2.05) is 0 Å². The number of hydrogen-bond acceptors (Lipinski definition) is 6. The van der Waals surface area contributed by atoms with Crippen LogP contribution in [0.4, 0.5) is 5.13 Å². The molecule has 0 unspecified atom stereocenters. The molecule has 1 fully saturated rings. The smallest absolute Gasteiger partial charge is 0.260 e. The van der Waals surface area contributed by atoms with Gasteiger partial charge >= 0.3 is 0 Å². The molecule has 0 radical (unpaired) electrons. The second kappa shape index (κ2) is 10.4. The Labute approximate surface area is 200 Å². The van der Waals surface area contributed by atoms with E-state index in [1.165, 1.54) is 22.4 Å². The molecule has 1 amide bonds. The number of carbonyl (C=O) groups excluding carboxylic acids is 1. The van der Waals surface area contributed by atoms with E-state index in [0.717, 1.165) is 57.1 Å². The number of benzene rings is 1. The third-order valence-corrected chi connectivity index (χ3v) is 9.32. The van der Waals surface area contributed by atoms with Crippen LogP contribution in [0.1, 0.15) is 59.5 Å². The lowest BCUT2D eigenvalue weighted by molar-refractivity contribution is 0.0989. The Bertz CT molecular complexity index is 1100. The normalized spacial score (nSPS) is 17.1. The van der Waals surface area contributed by atoms with Gasteiger partial charge in [0.25, 0.3) is 5.91 Å². The minimum Gasteiger partial charge on any atom is -0.495 e. The average molecular weight is 490 g/mol. The predicted octanol–water partition coefficient (Wildman–Crippen LogP) is 4.43. The van der Waals surface area contributed by atoms with E-state index in [1.54, 1.807) is 34.4 Å². The Morgan fingerprint density at radius 2 is 1.91 bits per heavy atom. The molecule has 7 nitrogen and oxygen atoms in total. The number of aryl methyl sites for hydroxylation is 2. The summed E-state index contributed by atoms with van der Waals surface area (Å²) in [5.74, 6) is -0.0493. The zero-order valence-electron chi connectivity index (χ0n) is 19.1. The van der Waals surface area contributed by atoms with Gasteiger partial charge in [0.2, 0.25) is 10.0 Å². The summed E-state index contributed by atoms with van der Waals surface area (Å²) in [6.45, 7) is 5.06. The summed E-state index contributed by atoms with van der Waals surface area (Å²) in [4.78, 5) is 21.1. The molecule has 0 bridgehead atoms. The molecule has 1 saturated heterocycles. The first-order valence-corrected chi connectivity index (χ1v) is 13.8. The van der Waals surface area contributed by atoms with Gasteiger partial charge in [0.05, 0.1) is 12.8 Å². The van der Waals surface area contributed by atoms with E-state index in [4.69, 9.17) is 9.72 Å². The summed E-state index contributed by atoms with van der Waals surface area (Å²) >= 11 is 1.54. The molecule has 1 aromatic heterocycles. The SMILES string of the molecule is C=CCN(C(=O)c1ccc(OC)c(S(=O)(=O)N2CCCCCC2)c1)c1nc2c(s1)CCCC2. The van der Waals surface area contributed by atoms with Crippen LogP contribution in [0.3, 0.4) is 0 Å². The molecule has 1 aliphatic carbocycles. The fourth-order valence-electron chi connectivity index (χ4n) is 4.42. The van der Waals surface area contributed by atoms with Crippen molar-refractivity contribution in [3.05, 3.63) is 47.0 Å². The van der Waals surface area contributed by atoms with Gasteiger partial charge in [-0.05, 0) is 56.7 Å². The Morgan fingerprint density at radius 3 is 2.58 bits per heavy atom. The first-order chi connectivity index (χ1) is 16.0. The van der Waals surface area contributed by atoms with Crippen molar-refractivity contribution in [1.29, 1.82) is 0 Å². The average Bonchev–Trinajstić information content (AvgIpc) is 3.05. The lowest BCUT2D eigenvalue weighted by Gasteiger charge is -2.23. The van der Waals surface area contributed by atoms with Gasteiger partial charge in [-0.1, -0.05) is 18.9 Å². The second-order valence-electron chi connectivity index (χ2n) is 8.46. The maximum Gasteiger partial charge on any atom is 0.260 e. The van der Waals surface area contributed by atoms with E-state index < -0.39 is 10.0 Å². The molecule has 178 valence electrons. The number of anilines is 1.